The van der Waals surface area contributed by atoms with E-state index in [9.17, 15) is 4.79 Å². The number of aliphatic hydroxyl groups excluding tert-OH is 1. The molecule has 45 valence electrons. The summed E-state index contributed by atoms with van der Waals surface area (Å²) < 4.78 is 0. The molecule has 8 heavy (non-hydrogen) atoms. The Labute approximate surface area is 47.9 Å². The summed E-state index contributed by atoms with van der Waals surface area (Å²) in [7, 11) is 0. The Morgan fingerprint density at radius 2 is 2.25 bits per heavy atom. The number of carbonyl (C=O) groups is 1. The van der Waals surface area contributed by atoms with Crippen molar-refractivity contribution in [3.63, 3.8) is 0 Å². The molecule has 1 radical (unpaired) electrons. The standard InChI is InChI=1S/C5H8NO2/c1-4(7)6-2-5(8)3-6/h5,8H,1-3H2. The van der Waals surface area contributed by atoms with Crippen molar-refractivity contribution in [3.8, 4) is 0 Å². The molecule has 1 rings (SSSR count). The van der Waals surface area contributed by atoms with Gasteiger partial charge >= 0.3 is 0 Å². The second kappa shape index (κ2) is 1.74. The van der Waals surface area contributed by atoms with Gasteiger partial charge in [-0.3, -0.25) is 4.79 Å². The third-order valence-electron chi connectivity index (χ3n) is 1.21. The smallest absolute Gasteiger partial charge is 0.223 e. The van der Waals surface area contributed by atoms with E-state index in [0.29, 0.717) is 13.1 Å². The van der Waals surface area contributed by atoms with Crippen LogP contribution in [0.3, 0.4) is 0 Å². The number of amides is 1. The summed E-state index contributed by atoms with van der Waals surface area (Å²) in [4.78, 5) is 11.8. The minimum atomic E-state index is -0.305. The molecule has 1 heterocycles. The zero-order valence-corrected chi connectivity index (χ0v) is 4.50. The molecule has 1 aliphatic heterocycles. The van der Waals surface area contributed by atoms with Crippen molar-refractivity contribution >= 4 is 5.91 Å². The van der Waals surface area contributed by atoms with Gasteiger partial charge in [-0.2, -0.15) is 0 Å². The summed E-state index contributed by atoms with van der Waals surface area (Å²) in [5.41, 5.74) is 0. The first-order valence-electron chi connectivity index (χ1n) is 2.49. The Kier molecular flexibility index (Phi) is 1.21. The average Bonchev–Trinajstić information content (AvgIpc) is 1.57. The number of β-amino-alcohol motifs (C(OH)–C–C–N with tert-alkyl or cyclic N) is 1. The topological polar surface area (TPSA) is 40.5 Å². The van der Waals surface area contributed by atoms with Crippen LogP contribution in [0.5, 0.6) is 0 Å². The van der Waals surface area contributed by atoms with Crippen molar-refractivity contribution < 1.29 is 9.90 Å². The Balaban J connectivity index is 2.25. The molecule has 1 fully saturated rings. The van der Waals surface area contributed by atoms with Crippen LogP contribution in [0.15, 0.2) is 0 Å². The van der Waals surface area contributed by atoms with Crippen LogP contribution < -0.4 is 0 Å². The third kappa shape index (κ3) is 0.816. The van der Waals surface area contributed by atoms with Gasteiger partial charge in [0.15, 0.2) is 0 Å². The van der Waals surface area contributed by atoms with Crippen LogP contribution in [-0.4, -0.2) is 35.1 Å². The molecule has 0 saturated carbocycles. The Bertz CT molecular complexity index is 107. The summed E-state index contributed by atoms with van der Waals surface area (Å²) in [6, 6.07) is 0. The van der Waals surface area contributed by atoms with E-state index in [-0.39, 0.29) is 12.0 Å². The van der Waals surface area contributed by atoms with Crippen molar-refractivity contribution in [1.82, 2.24) is 4.90 Å². The van der Waals surface area contributed by atoms with Gasteiger partial charge in [-0.1, -0.05) is 0 Å². The zero-order chi connectivity index (χ0) is 6.15. The van der Waals surface area contributed by atoms with Crippen molar-refractivity contribution in [2.45, 2.75) is 6.10 Å². The lowest BCUT2D eigenvalue weighted by Crippen LogP contribution is -2.52. The van der Waals surface area contributed by atoms with Gasteiger partial charge in [-0.15, -0.1) is 0 Å². The molecule has 1 saturated heterocycles. The van der Waals surface area contributed by atoms with Crippen LogP contribution in [0.2, 0.25) is 0 Å². The maximum atomic E-state index is 10.3. The monoisotopic (exact) mass is 114 g/mol. The number of hydrogen-bond acceptors (Lipinski definition) is 2. The SMILES string of the molecule is [CH2]C(=O)N1CC(O)C1. The largest absolute Gasteiger partial charge is 0.389 e. The van der Waals surface area contributed by atoms with Crippen LogP contribution in [0, 0.1) is 6.92 Å². The lowest BCUT2D eigenvalue weighted by molar-refractivity contribution is -0.136. The van der Waals surface area contributed by atoms with Gasteiger partial charge in [-0.05, 0) is 0 Å². The molecular formula is C5H8NO2. The normalized spacial score (nSPS) is 20.5. The van der Waals surface area contributed by atoms with Gasteiger partial charge in [-0.25, -0.2) is 0 Å². The number of carbonyl (C=O) groups excluding carboxylic acids is 1. The predicted molar refractivity (Wildman–Crippen MR) is 27.9 cm³/mol. The zero-order valence-electron chi connectivity index (χ0n) is 4.50. The maximum Gasteiger partial charge on any atom is 0.223 e. The van der Waals surface area contributed by atoms with Gasteiger partial charge in [0.25, 0.3) is 0 Å². The molecule has 0 bridgehead atoms. The molecule has 0 atom stereocenters. The van der Waals surface area contributed by atoms with Crippen LogP contribution in [-0.2, 0) is 4.79 Å². The molecule has 0 aromatic heterocycles. The summed E-state index contributed by atoms with van der Waals surface area (Å²) in [5, 5.41) is 8.65. The van der Waals surface area contributed by atoms with Crippen molar-refractivity contribution in [2.24, 2.45) is 0 Å². The highest BCUT2D eigenvalue weighted by Gasteiger charge is 2.25. The second-order valence-corrected chi connectivity index (χ2v) is 1.95. The first-order chi connectivity index (χ1) is 3.70. The predicted octanol–water partition coefficient (Wildman–Crippen LogP) is -0.976. The average molecular weight is 114 g/mol. The lowest BCUT2D eigenvalue weighted by Gasteiger charge is -2.34. The fourth-order valence-corrected chi connectivity index (χ4v) is 0.659. The number of aliphatic hydroxyl groups is 1. The quantitative estimate of drug-likeness (QED) is 0.440. The molecule has 0 aromatic carbocycles. The Morgan fingerprint density at radius 3 is 2.38 bits per heavy atom. The Morgan fingerprint density at radius 1 is 1.75 bits per heavy atom. The summed E-state index contributed by atoms with van der Waals surface area (Å²) >= 11 is 0. The minimum Gasteiger partial charge on any atom is -0.389 e. The van der Waals surface area contributed by atoms with Gasteiger partial charge < -0.3 is 10.0 Å². The van der Waals surface area contributed by atoms with Crippen molar-refractivity contribution in [1.29, 1.82) is 0 Å². The fraction of sp³-hybridized carbons (Fsp3) is 0.600. The van der Waals surface area contributed by atoms with Gasteiger partial charge in [0, 0.05) is 20.0 Å². The summed E-state index contributed by atoms with van der Waals surface area (Å²) in [6.45, 7) is 4.09. The van der Waals surface area contributed by atoms with Crippen LogP contribution >= 0.6 is 0 Å². The van der Waals surface area contributed by atoms with E-state index < -0.39 is 0 Å². The van der Waals surface area contributed by atoms with E-state index in [1.807, 2.05) is 0 Å². The first kappa shape index (κ1) is 5.56. The molecule has 1 N–H and O–H groups in total. The third-order valence-corrected chi connectivity index (χ3v) is 1.21. The number of rotatable bonds is 0. The highest BCUT2D eigenvalue weighted by Crippen LogP contribution is 2.05. The Hall–Kier alpha value is -0.570. The molecule has 0 unspecified atom stereocenters. The molecule has 3 heteroatoms. The van der Waals surface area contributed by atoms with E-state index in [4.69, 9.17) is 5.11 Å². The lowest BCUT2D eigenvalue weighted by atomic mass is 10.2. The van der Waals surface area contributed by atoms with Crippen LogP contribution in [0.1, 0.15) is 0 Å². The van der Waals surface area contributed by atoms with Crippen LogP contribution in [0.25, 0.3) is 0 Å². The van der Waals surface area contributed by atoms with E-state index in [1.165, 1.54) is 4.90 Å². The van der Waals surface area contributed by atoms with Crippen molar-refractivity contribution in [2.75, 3.05) is 13.1 Å². The summed E-state index contributed by atoms with van der Waals surface area (Å²) in [6.07, 6.45) is -0.305. The van der Waals surface area contributed by atoms with Crippen molar-refractivity contribution in [3.05, 3.63) is 6.92 Å². The van der Waals surface area contributed by atoms with E-state index in [2.05, 4.69) is 6.92 Å². The van der Waals surface area contributed by atoms with E-state index in [1.54, 1.807) is 0 Å². The number of likely N-dealkylation sites (tertiary alicyclic amines) is 1. The van der Waals surface area contributed by atoms with Crippen LogP contribution in [0.4, 0.5) is 0 Å². The molecule has 1 amide bonds. The van der Waals surface area contributed by atoms with E-state index in [0.717, 1.165) is 0 Å². The fourth-order valence-electron chi connectivity index (χ4n) is 0.659. The molecule has 0 aliphatic carbocycles. The number of nitrogens with zero attached hydrogens (tertiary/aromatic N) is 1. The van der Waals surface area contributed by atoms with Gasteiger partial charge in [0.2, 0.25) is 5.91 Å². The molecule has 3 nitrogen and oxygen atoms in total. The molecule has 0 aromatic rings. The number of hydrogen-bond donors (Lipinski definition) is 1. The molecular weight excluding hydrogens is 106 g/mol. The summed E-state index contributed by atoms with van der Waals surface area (Å²) in [5.74, 6) is -0.199. The van der Waals surface area contributed by atoms with E-state index >= 15 is 0 Å². The van der Waals surface area contributed by atoms with Gasteiger partial charge in [0.05, 0.1) is 6.10 Å². The molecule has 0 spiro atoms. The highest BCUT2D eigenvalue weighted by molar-refractivity contribution is 5.81. The molecule has 1 aliphatic rings. The maximum absolute atomic E-state index is 10.3. The second-order valence-electron chi connectivity index (χ2n) is 1.95. The van der Waals surface area contributed by atoms with Gasteiger partial charge in [0.1, 0.15) is 0 Å². The highest BCUT2D eigenvalue weighted by atomic mass is 16.3. The minimum absolute atomic E-state index is 0.199. The first-order valence-corrected chi connectivity index (χ1v) is 2.49.